The Hall–Kier alpha value is -1.03. The third-order valence-corrected chi connectivity index (χ3v) is 3.28. The summed E-state index contributed by atoms with van der Waals surface area (Å²) in [4.78, 5) is 11.9. The molecule has 1 aliphatic rings. The van der Waals surface area contributed by atoms with Gasteiger partial charge in [0.15, 0.2) is 0 Å². The number of hydrogen-bond acceptors (Lipinski definition) is 2. The van der Waals surface area contributed by atoms with Crippen LogP contribution in [0.5, 0.6) is 0 Å². The van der Waals surface area contributed by atoms with Gasteiger partial charge in [0.25, 0.3) is 0 Å². The van der Waals surface area contributed by atoms with Crippen LogP contribution in [0.4, 0.5) is 11.4 Å². The van der Waals surface area contributed by atoms with Gasteiger partial charge >= 0.3 is 0 Å². The maximum absolute atomic E-state index is 11.9. The summed E-state index contributed by atoms with van der Waals surface area (Å²) in [5.41, 5.74) is 1.85. The van der Waals surface area contributed by atoms with Gasteiger partial charge in [-0.2, -0.15) is 0 Å². The molecule has 1 aromatic carbocycles. The SMILES string of the molecule is CCCC1CNc2ccc(Br)cc2NC1=O. The topological polar surface area (TPSA) is 41.1 Å². The molecule has 16 heavy (non-hydrogen) atoms. The number of carbonyl (C=O) groups is 1. The fourth-order valence-corrected chi connectivity index (χ4v) is 2.28. The fraction of sp³-hybridized carbons (Fsp3) is 0.417. The molecule has 0 aromatic heterocycles. The van der Waals surface area contributed by atoms with Crippen LogP contribution in [0.1, 0.15) is 19.8 Å². The zero-order valence-corrected chi connectivity index (χ0v) is 10.8. The number of benzene rings is 1. The Morgan fingerprint density at radius 3 is 3.00 bits per heavy atom. The normalized spacial score (nSPS) is 19.4. The summed E-state index contributed by atoms with van der Waals surface area (Å²) in [6.45, 7) is 2.82. The van der Waals surface area contributed by atoms with Crippen LogP contribution in [0.3, 0.4) is 0 Å². The van der Waals surface area contributed by atoms with Crippen molar-refractivity contribution in [3.05, 3.63) is 22.7 Å². The average molecular weight is 283 g/mol. The zero-order chi connectivity index (χ0) is 11.5. The third-order valence-electron chi connectivity index (χ3n) is 2.79. The Balaban J connectivity index is 2.23. The maximum Gasteiger partial charge on any atom is 0.229 e. The number of amides is 1. The number of carbonyl (C=O) groups excluding carboxylic acids is 1. The van der Waals surface area contributed by atoms with E-state index >= 15 is 0 Å². The third kappa shape index (κ3) is 2.38. The molecule has 1 atom stereocenters. The van der Waals surface area contributed by atoms with Crippen LogP contribution < -0.4 is 10.6 Å². The number of hydrogen-bond donors (Lipinski definition) is 2. The van der Waals surface area contributed by atoms with E-state index in [-0.39, 0.29) is 11.8 Å². The lowest BCUT2D eigenvalue weighted by Crippen LogP contribution is -2.25. The van der Waals surface area contributed by atoms with Gasteiger partial charge in [-0.25, -0.2) is 0 Å². The molecule has 4 heteroatoms. The lowest BCUT2D eigenvalue weighted by Gasteiger charge is -2.11. The highest BCUT2D eigenvalue weighted by molar-refractivity contribution is 9.10. The second-order valence-corrected chi connectivity index (χ2v) is 4.96. The van der Waals surface area contributed by atoms with Gasteiger partial charge in [0.2, 0.25) is 5.91 Å². The number of fused-ring (bicyclic) bond motifs is 1. The summed E-state index contributed by atoms with van der Waals surface area (Å²) in [7, 11) is 0. The second kappa shape index (κ2) is 4.87. The van der Waals surface area contributed by atoms with Crippen molar-refractivity contribution in [3.8, 4) is 0 Å². The molecule has 1 amide bonds. The molecular weight excluding hydrogens is 268 g/mol. The minimum absolute atomic E-state index is 0.0659. The Kier molecular flexibility index (Phi) is 3.49. The summed E-state index contributed by atoms with van der Waals surface area (Å²) < 4.78 is 0.974. The highest BCUT2D eigenvalue weighted by Gasteiger charge is 2.22. The van der Waals surface area contributed by atoms with Crippen LogP contribution in [0.25, 0.3) is 0 Å². The van der Waals surface area contributed by atoms with Crippen LogP contribution in [0.15, 0.2) is 22.7 Å². The molecule has 1 aromatic rings. The van der Waals surface area contributed by atoms with Gasteiger partial charge in [0.1, 0.15) is 0 Å². The Morgan fingerprint density at radius 1 is 1.44 bits per heavy atom. The van der Waals surface area contributed by atoms with Gasteiger partial charge in [0.05, 0.1) is 17.3 Å². The van der Waals surface area contributed by atoms with Gasteiger partial charge < -0.3 is 10.6 Å². The van der Waals surface area contributed by atoms with Crippen LogP contribution in [-0.2, 0) is 4.79 Å². The Labute approximate surface area is 104 Å². The molecule has 0 fully saturated rings. The van der Waals surface area contributed by atoms with Crippen molar-refractivity contribution in [1.82, 2.24) is 0 Å². The van der Waals surface area contributed by atoms with Crippen molar-refractivity contribution < 1.29 is 4.79 Å². The molecule has 0 bridgehead atoms. The standard InChI is InChI=1S/C12H15BrN2O/c1-2-3-8-7-14-10-5-4-9(13)6-11(10)15-12(8)16/h4-6,8,14H,2-3,7H2,1H3,(H,15,16). The summed E-state index contributed by atoms with van der Waals surface area (Å²) in [6.07, 6.45) is 1.95. The van der Waals surface area contributed by atoms with Crippen LogP contribution in [0, 0.1) is 5.92 Å². The molecule has 0 saturated heterocycles. The molecule has 1 heterocycles. The van der Waals surface area contributed by atoms with Gasteiger partial charge in [-0.05, 0) is 24.6 Å². The summed E-state index contributed by atoms with van der Waals surface area (Å²) in [5, 5.41) is 6.28. The van der Waals surface area contributed by atoms with Gasteiger partial charge in [0, 0.05) is 11.0 Å². The van der Waals surface area contributed by atoms with E-state index in [2.05, 4.69) is 33.5 Å². The smallest absolute Gasteiger partial charge is 0.229 e. The van der Waals surface area contributed by atoms with E-state index in [1.165, 1.54) is 0 Å². The van der Waals surface area contributed by atoms with E-state index < -0.39 is 0 Å². The minimum Gasteiger partial charge on any atom is -0.383 e. The lowest BCUT2D eigenvalue weighted by atomic mass is 10.0. The van der Waals surface area contributed by atoms with Crippen LogP contribution in [-0.4, -0.2) is 12.5 Å². The van der Waals surface area contributed by atoms with Crippen molar-refractivity contribution in [1.29, 1.82) is 0 Å². The second-order valence-electron chi connectivity index (χ2n) is 4.05. The molecule has 2 N–H and O–H groups in total. The van der Waals surface area contributed by atoms with Crippen molar-refractivity contribution in [2.24, 2.45) is 5.92 Å². The van der Waals surface area contributed by atoms with Gasteiger partial charge in [-0.1, -0.05) is 29.3 Å². The van der Waals surface area contributed by atoms with Gasteiger partial charge in [-0.3, -0.25) is 4.79 Å². The van der Waals surface area contributed by atoms with E-state index in [0.29, 0.717) is 6.54 Å². The highest BCUT2D eigenvalue weighted by Crippen LogP contribution is 2.29. The lowest BCUT2D eigenvalue weighted by molar-refractivity contribution is -0.119. The van der Waals surface area contributed by atoms with Crippen LogP contribution in [0.2, 0.25) is 0 Å². The largest absolute Gasteiger partial charge is 0.383 e. The predicted octanol–water partition coefficient (Wildman–Crippen LogP) is 3.23. The summed E-state index contributed by atoms with van der Waals surface area (Å²) >= 11 is 3.40. The number of halogens is 1. The molecule has 0 saturated carbocycles. The summed E-state index contributed by atoms with van der Waals surface area (Å²) in [6, 6.07) is 5.88. The summed E-state index contributed by atoms with van der Waals surface area (Å²) in [5.74, 6) is 0.183. The van der Waals surface area contributed by atoms with E-state index in [1.807, 2.05) is 18.2 Å². The first kappa shape index (κ1) is 11.5. The van der Waals surface area contributed by atoms with Crippen LogP contribution >= 0.6 is 15.9 Å². The van der Waals surface area contributed by atoms with Crippen molar-refractivity contribution in [2.45, 2.75) is 19.8 Å². The molecule has 0 aliphatic carbocycles. The molecular formula is C12H15BrN2O. The zero-order valence-electron chi connectivity index (χ0n) is 9.22. The number of anilines is 2. The van der Waals surface area contributed by atoms with E-state index in [4.69, 9.17) is 0 Å². The first-order valence-corrected chi connectivity index (χ1v) is 6.34. The monoisotopic (exact) mass is 282 g/mol. The quantitative estimate of drug-likeness (QED) is 0.875. The molecule has 0 radical (unpaired) electrons. The van der Waals surface area contributed by atoms with Gasteiger partial charge in [-0.15, -0.1) is 0 Å². The van der Waals surface area contributed by atoms with Crippen molar-refractivity contribution in [3.63, 3.8) is 0 Å². The molecule has 1 unspecified atom stereocenters. The maximum atomic E-state index is 11.9. The molecule has 0 spiro atoms. The number of nitrogens with one attached hydrogen (secondary N) is 2. The van der Waals surface area contributed by atoms with Crippen molar-refractivity contribution >= 4 is 33.2 Å². The van der Waals surface area contributed by atoms with E-state index in [0.717, 1.165) is 28.7 Å². The molecule has 86 valence electrons. The first-order chi connectivity index (χ1) is 7.70. The Morgan fingerprint density at radius 2 is 2.25 bits per heavy atom. The molecule has 1 aliphatic heterocycles. The van der Waals surface area contributed by atoms with Crippen molar-refractivity contribution in [2.75, 3.05) is 17.2 Å². The predicted molar refractivity (Wildman–Crippen MR) is 69.7 cm³/mol. The first-order valence-electron chi connectivity index (χ1n) is 5.55. The average Bonchev–Trinajstić information content (AvgIpc) is 2.39. The minimum atomic E-state index is 0.0659. The van der Waals surface area contributed by atoms with E-state index in [9.17, 15) is 4.79 Å². The fourth-order valence-electron chi connectivity index (χ4n) is 1.92. The number of rotatable bonds is 2. The van der Waals surface area contributed by atoms with E-state index in [1.54, 1.807) is 0 Å². The highest BCUT2D eigenvalue weighted by atomic mass is 79.9. The Bertz CT molecular complexity index is 406. The molecule has 2 rings (SSSR count). The molecule has 3 nitrogen and oxygen atoms in total.